The van der Waals surface area contributed by atoms with E-state index in [-0.39, 0.29) is 0 Å². The number of rotatable bonds is 18. The lowest BCUT2D eigenvalue weighted by Crippen LogP contribution is -2.18. The van der Waals surface area contributed by atoms with Gasteiger partial charge in [0.05, 0.1) is 0 Å². The molecule has 26 heavy (non-hydrogen) atoms. The number of hydrogen-bond acceptors (Lipinski definition) is 2. The fourth-order valence-corrected chi connectivity index (χ4v) is 6.68. The molecule has 0 aromatic rings. The van der Waals surface area contributed by atoms with Crippen LogP contribution in [0.25, 0.3) is 0 Å². The first-order chi connectivity index (χ1) is 12.9. The van der Waals surface area contributed by atoms with E-state index in [0.717, 1.165) is 11.2 Å². The second-order valence-corrected chi connectivity index (χ2v) is 11.1. The standard InChI is InChI=1S/C24H48S2/c1-3-5-7-9-11-13-19-25-21-18-23-16-15-17-24(22-23)26-20-14-12-10-8-6-4-2/h23-24H,3-22H2,1-2H3. The van der Waals surface area contributed by atoms with Crippen molar-refractivity contribution in [2.24, 2.45) is 5.92 Å². The molecule has 0 spiro atoms. The van der Waals surface area contributed by atoms with E-state index in [1.165, 1.54) is 126 Å². The third kappa shape index (κ3) is 14.7. The van der Waals surface area contributed by atoms with Crippen LogP contribution in [0.1, 0.15) is 123 Å². The zero-order valence-electron chi connectivity index (χ0n) is 18.1. The largest absolute Gasteiger partial charge is 0.162 e. The summed E-state index contributed by atoms with van der Waals surface area (Å²) in [6, 6.07) is 0. The third-order valence-electron chi connectivity index (χ3n) is 5.90. The lowest BCUT2D eigenvalue weighted by atomic mass is 9.87. The molecule has 0 aliphatic heterocycles. The van der Waals surface area contributed by atoms with Gasteiger partial charge in [0.1, 0.15) is 0 Å². The van der Waals surface area contributed by atoms with Gasteiger partial charge in [0, 0.05) is 5.25 Å². The molecule has 1 fully saturated rings. The summed E-state index contributed by atoms with van der Waals surface area (Å²) in [5.74, 6) is 5.31. The molecule has 0 aromatic carbocycles. The van der Waals surface area contributed by atoms with E-state index >= 15 is 0 Å². The average molecular weight is 401 g/mol. The lowest BCUT2D eigenvalue weighted by Gasteiger charge is -2.28. The first-order valence-electron chi connectivity index (χ1n) is 12.1. The van der Waals surface area contributed by atoms with E-state index in [9.17, 15) is 0 Å². The fourth-order valence-electron chi connectivity index (χ4n) is 4.12. The summed E-state index contributed by atoms with van der Waals surface area (Å²) in [4.78, 5) is 0. The van der Waals surface area contributed by atoms with Gasteiger partial charge in [0.2, 0.25) is 0 Å². The Hall–Kier alpha value is 0.700. The Labute approximate surface area is 174 Å². The zero-order valence-corrected chi connectivity index (χ0v) is 19.7. The molecule has 2 heteroatoms. The Morgan fingerprint density at radius 3 is 1.96 bits per heavy atom. The summed E-state index contributed by atoms with van der Waals surface area (Å²) < 4.78 is 0. The minimum absolute atomic E-state index is 0.993. The van der Waals surface area contributed by atoms with Crippen LogP contribution in [0.2, 0.25) is 0 Å². The van der Waals surface area contributed by atoms with Gasteiger partial charge in [-0.05, 0) is 55.3 Å². The van der Waals surface area contributed by atoms with E-state index in [2.05, 4.69) is 37.4 Å². The quantitative estimate of drug-likeness (QED) is 0.210. The molecule has 0 bridgehead atoms. The molecule has 1 aliphatic rings. The summed E-state index contributed by atoms with van der Waals surface area (Å²) in [5.41, 5.74) is 0. The van der Waals surface area contributed by atoms with Crippen LogP contribution in [0.15, 0.2) is 0 Å². The molecule has 0 amide bonds. The Balaban J connectivity index is 1.90. The molecular formula is C24H48S2. The van der Waals surface area contributed by atoms with Crippen LogP contribution < -0.4 is 0 Å². The summed E-state index contributed by atoms with van der Waals surface area (Å²) in [6.45, 7) is 4.61. The molecule has 0 aromatic heterocycles. The molecule has 1 rings (SSSR count). The van der Waals surface area contributed by atoms with Crippen LogP contribution in [0.4, 0.5) is 0 Å². The zero-order chi connectivity index (χ0) is 18.7. The third-order valence-corrected chi connectivity index (χ3v) is 8.42. The van der Waals surface area contributed by atoms with Gasteiger partial charge in [0.15, 0.2) is 0 Å². The van der Waals surface area contributed by atoms with Crippen molar-refractivity contribution >= 4 is 23.5 Å². The predicted octanol–water partition coefficient (Wildman–Crippen LogP) is 9.12. The van der Waals surface area contributed by atoms with E-state index in [4.69, 9.17) is 0 Å². The van der Waals surface area contributed by atoms with E-state index in [1.807, 2.05) is 0 Å². The maximum absolute atomic E-state index is 2.31. The van der Waals surface area contributed by atoms with Crippen LogP contribution in [0.5, 0.6) is 0 Å². The maximum atomic E-state index is 2.31. The molecule has 1 aliphatic carbocycles. The van der Waals surface area contributed by atoms with Gasteiger partial charge < -0.3 is 0 Å². The van der Waals surface area contributed by atoms with Gasteiger partial charge in [-0.15, -0.1) is 0 Å². The van der Waals surface area contributed by atoms with Crippen LogP contribution in [-0.2, 0) is 0 Å². The number of unbranched alkanes of at least 4 members (excludes halogenated alkanes) is 10. The van der Waals surface area contributed by atoms with Gasteiger partial charge in [-0.1, -0.05) is 90.9 Å². The first-order valence-corrected chi connectivity index (χ1v) is 14.3. The van der Waals surface area contributed by atoms with Crippen molar-refractivity contribution < 1.29 is 0 Å². The normalized spacial score (nSPS) is 20.5. The van der Waals surface area contributed by atoms with Crippen molar-refractivity contribution in [2.75, 3.05) is 17.3 Å². The van der Waals surface area contributed by atoms with Gasteiger partial charge in [-0.3, -0.25) is 0 Å². The van der Waals surface area contributed by atoms with Gasteiger partial charge in [0.25, 0.3) is 0 Å². The van der Waals surface area contributed by atoms with Gasteiger partial charge in [-0.2, -0.15) is 23.5 Å². The smallest absolute Gasteiger partial charge is 0.00496 e. The minimum atomic E-state index is 0.993. The highest BCUT2D eigenvalue weighted by Crippen LogP contribution is 2.35. The molecule has 2 unspecified atom stereocenters. The fraction of sp³-hybridized carbons (Fsp3) is 1.00. The summed E-state index contributed by atoms with van der Waals surface area (Å²) in [5, 5.41) is 0.993. The SMILES string of the molecule is CCCCCCCCSCCC1CCCC(SCCCCCCCC)C1. The van der Waals surface area contributed by atoms with Crippen LogP contribution in [0, 0.1) is 5.92 Å². The number of hydrogen-bond donors (Lipinski definition) is 0. The molecule has 0 radical (unpaired) electrons. The van der Waals surface area contributed by atoms with Crippen molar-refractivity contribution in [1.82, 2.24) is 0 Å². The average Bonchev–Trinajstić information content (AvgIpc) is 2.66. The molecule has 2 atom stereocenters. The van der Waals surface area contributed by atoms with E-state index in [1.54, 1.807) is 0 Å². The second kappa shape index (κ2) is 19.0. The topological polar surface area (TPSA) is 0 Å². The maximum Gasteiger partial charge on any atom is 0.00496 e. The Morgan fingerprint density at radius 1 is 0.654 bits per heavy atom. The highest BCUT2D eigenvalue weighted by Gasteiger charge is 2.21. The minimum Gasteiger partial charge on any atom is -0.162 e. The molecule has 0 nitrogen and oxygen atoms in total. The summed E-state index contributed by atoms with van der Waals surface area (Å²) in [6.07, 6.45) is 24.9. The van der Waals surface area contributed by atoms with Gasteiger partial charge >= 0.3 is 0 Å². The predicted molar refractivity (Wildman–Crippen MR) is 127 cm³/mol. The van der Waals surface area contributed by atoms with E-state index in [0.29, 0.717) is 0 Å². The molecule has 0 N–H and O–H groups in total. The monoisotopic (exact) mass is 400 g/mol. The van der Waals surface area contributed by atoms with Crippen LogP contribution in [-0.4, -0.2) is 22.5 Å². The van der Waals surface area contributed by atoms with Crippen molar-refractivity contribution in [3.8, 4) is 0 Å². The Kier molecular flexibility index (Phi) is 18.1. The number of thioether (sulfide) groups is 2. The lowest BCUT2D eigenvalue weighted by molar-refractivity contribution is 0.359. The molecule has 0 heterocycles. The molecular weight excluding hydrogens is 352 g/mol. The van der Waals surface area contributed by atoms with Crippen molar-refractivity contribution in [1.29, 1.82) is 0 Å². The molecule has 0 saturated heterocycles. The highest BCUT2D eigenvalue weighted by atomic mass is 32.2. The highest BCUT2D eigenvalue weighted by molar-refractivity contribution is 7.99. The van der Waals surface area contributed by atoms with Crippen LogP contribution >= 0.6 is 23.5 Å². The molecule has 156 valence electrons. The summed E-state index contributed by atoms with van der Waals surface area (Å²) >= 11 is 4.55. The van der Waals surface area contributed by atoms with Crippen molar-refractivity contribution in [3.63, 3.8) is 0 Å². The first kappa shape index (κ1) is 24.7. The van der Waals surface area contributed by atoms with Crippen molar-refractivity contribution in [2.45, 2.75) is 128 Å². The van der Waals surface area contributed by atoms with E-state index < -0.39 is 0 Å². The second-order valence-electron chi connectivity index (χ2n) is 8.46. The molecule has 1 saturated carbocycles. The van der Waals surface area contributed by atoms with Crippen LogP contribution in [0.3, 0.4) is 0 Å². The van der Waals surface area contributed by atoms with Crippen molar-refractivity contribution in [3.05, 3.63) is 0 Å². The summed E-state index contributed by atoms with van der Waals surface area (Å²) in [7, 11) is 0. The Bertz CT molecular complexity index is 279. The van der Waals surface area contributed by atoms with Gasteiger partial charge in [-0.25, -0.2) is 0 Å². The Morgan fingerprint density at radius 2 is 1.27 bits per heavy atom.